The third-order valence-electron chi connectivity index (χ3n) is 2.41. The molecule has 0 aromatic carbocycles. The highest BCUT2D eigenvalue weighted by molar-refractivity contribution is 7.89. The second-order valence-corrected chi connectivity index (χ2v) is 5.67. The molecule has 0 atom stereocenters. The van der Waals surface area contributed by atoms with Gasteiger partial charge in [-0.05, 0) is 25.0 Å². The lowest BCUT2D eigenvalue weighted by Crippen LogP contribution is -2.28. The highest BCUT2D eigenvalue weighted by Crippen LogP contribution is 2.24. The molecule has 1 aromatic rings. The van der Waals surface area contributed by atoms with E-state index in [0.29, 0.717) is 13.1 Å². The molecule has 1 aliphatic heterocycles. The fourth-order valence-corrected chi connectivity index (χ4v) is 3.58. The van der Waals surface area contributed by atoms with Crippen LogP contribution in [0.25, 0.3) is 0 Å². The SMILES string of the molecule is O=S(=O)(c1cccnc1Cl)N1CCCC1. The topological polar surface area (TPSA) is 50.3 Å². The van der Waals surface area contributed by atoms with Crippen molar-refractivity contribution in [1.29, 1.82) is 0 Å². The van der Waals surface area contributed by atoms with Crippen LogP contribution in [0.3, 0.4) is 0 Å². The first-order chi connectivity index (χ1) is 7.12. The number of hydrogen-bond acceptors (Lipinski definition) is 3. The number of pyridine rings is 1. The zero-order valence-corrected chi connectivity index (χ0v) is 9.63. The van der Waals surface area contributed by atoms with Crippen LogP contribution in [0, 0.1) is 0 Å². The van der Waals surface area contributed by atoms with E-state index in [9.17, 15) is 8.42 Å². The van der Waals surface area contributed by atoms with Crippen molar-refractivity contribution >= 4 is 21.6 Å². The van der Waals surface area contributed by atoms with Gasteiger partial charge in [-0.3, -0.25) is 0 Å². The zero-order chi connectivity index (χ0) is 10.9. The van der Waals surface area contributed by atoms with Crippen molar-refractivity contribution in [3.05, 3.63) is 23.5 Å². The Labute approximate surface area is 93.9 Å². The predicted octanol–water partition coefficient (Wildman–Crippen LogP) is 1.52. The summed E-state index contributed by atoms with van der Waals surface area (Å²) in [6.45, 7) is 1.15. The summed E-state index contributed by atoms with van der Waals surface area (Å²) >= 11 is 5.77. The average molecular weight is 247 g/mol. The summed E-state index contributed by atoms with van der Waals surface area (Å²) in [4.78, 5) is 3.88. The van der Waals surface area contributed by atoms with Crippen molar-refractivity contribution in [2.75, 3.05) is 13.1 Å². The number of aromatic nitrogens is 1. The molecule has 1 aliphatic rings. The summed E-state index contributed by atoms with van der Waals surface area (Å²) in [5.41, 5.74) is 0. The molecule has 1 aromatic heterocycles. The standard InChI is InChI=1S/C9H11ClN2O2S/c10-9-8(4-3-5-11-9)15(13,14)12-6-1-2-7-12/h3-5H,1-2,6-7H2. The summed E-state index contributed by atoms with van der Waals surface area (Å²) < 4.78 is 25.6. The summed E-state index contributed by atoms with van der Waals surface area (Å²) in [6, 6.07) is 3.07. The van der Waals surface area contributed by atoms with Crippen LogP contribution in [-0.4, -0.2) is 30.8 Å². The highest BCUT2D eigenvalue weighted by atomic mass is 35.5. The number of rotatable bonds is 2. The van der Waals surface area contributed by atoms with E-state index in [2.05, 4.69) is 4.98 Å². The molecular weight excluding hydrogens is 236 g/mol. The van der Waals surface area contributed by atoms with Crippen LogP contribution in [0.4, 0.5) is 0 Å². The molecule has 0 amide bonds. The van der Waals surface area contributed by atoms with E-state index in [1.54, 1.807) is 6.07 Å². The van der Waals surface area contributed by atoms with E-state index >= 15 is 0 Å². The number of halogens is 1. The summed E-state index contributed by atoms with van der Waals surface area (Å²) in [6.07, 6.45) is 3.31. The lowest BCUT2D eigenvalue weighted by molar-refractivity contribution is 0.477. The van der Waals surface area contributed by atoms with Crippen molar-refractivity contribution in [2.45, 2.75) is 17.7 Å². The smallest absolute Gasteiger partial charge is 0.243 e. The Morgan fingerprint density at radius 1 is 1.33 bits per heavy atom. The molecule has 0 saturated carbocycles. The van der Waals surface area contributed by atoms with Crippen LogP contribution in [-0.2, 0) is 10.0 Å². The molecule has 0 bridgehead atoms. The van der Waals surface area contributed by atoms with Gasteiger partial charge in [-0.15, -0.1) is 0 Å². The Morgan fingerprint density at radius 2 is 2.00 bits per heavy atom. The lowest BCUT2D eigenvalue weighted by atomic mass is 10.4. The Kier molecular flexibility index (Phi) is 2.95. The van der Waals surface area contributed by atoms with Crippen LogP contribution in [0.2, 0.25) is 5.15 Å². The molecule has 2 heterocycles. The summed E-state index contributed by atoms with van der Waals surface area (Å²) in [5.74, 6) is 0. The molecule has 0 N–H and O–H groups in total. The van der Waals surface area contributed by atoms with Crippen molar-refractivity contribution in [3.63, 3.8) is 0 Å². The van der Waals surface area contributed by atoms with Gasteiger partial charge in [0.05, 0.1) is 0 Å². The van der Waals surface area contributed by atoms with Crippen LogP contribution in [0.5, 0.6) is 0 Å². The van der Waals surface area contributed by atoms with E-state index in [-0.39, 0.29) is 10.0 Å². The van der Waals surface area contributed by atoms with Crippen molar-refractivity contribution in [1.82, 2.24) is 9.29 Å². The first kappa shape index (κ1) is 10.9. The van der Waals surface area contributed by atoms with E-state index in [1.807, 2.05) is 0 Å². The van der Waals surface area contributed by atoms with Gasteiger partial charge >= 0.3 is 0 Å². The van der Waals surface area contributed by atoms with Crippen molar-refractivity contribution < 1.29 is 8.42 Å². The van der Waals surface area contributed by atoms with Gasteiger partial charge in [0, 0.05) is 19.3 Å². The monoisotopic (exact) mass is 246 g/mol. The van der Waals surface area contributed by atoms with Gasteiger partial charge < -0.3 is 0 Å². The van der Waals surface area contributed by atoms with Gasteiger partial charge in [0.25, 0.3) is 0 Å². The molecule has 82 valence electrons. The average Bonchev–Trinajstić information content (AvgIpc) is 2.71. The Hall–Kier alpha value is -0.650. The molecular formula is C9H11ClN2O2S. The maximum Gasteiger partial charge on any atom is 0.246 e. The normalized spacial score (nSPS) is 18.2. The van der Waals surface area contributed by atoms with Crippen molar-refractivity contribution in [2.24, 2.45) is 0 Å². The molecule has 6 heteroatoms. The summed E-state index contributed by atoms with van der Waals surface area (Å²) in [5, 5.41) is 0.0457. The van der Waals surface area contributed by atoms with E-state index in [4.69, 9.17) is 11.6 Å². The van der Waals surface area contributed by atoms with Crippen LogP contribution in [0.1, 0.15) is 12.8 Å². The van der Waals surface area contributed by atoms with E-state index < -0.39 is 10.0 Å². The Balaban J connectivity index is 2.41. The molecule has 0 spiro atoms. The first-order valence-electron chi connectivity index (χ1n) is 4.73. The van der Waals surface area contributed by atoms with Gasteiger partial charge in [-0.25, -0.2) is 13.4 Å². The largest absolute Gasteiger partial charge is 0.246 e. The molecule has 1 saturated heterocycles. The molecule has 0 radical (unpaired) electrons. The Morgan fingerprint density at radius 3 is 2.60 bits per heavy atom. The number of nitrogens with zero attached hydrogens (tertiary/aromatic N) is 2. The third-order valence-corrected chi connectivity index (χ3v) is 4.75. The second kappa shape index (κ2) is 4.08. The van der Waals surface area contributed by atoms with Gasteiger partial charge in [0.2, 0.25) is 10.0 Å². The minimum atomic E-state index is -3.43. The molecule has 15 heavy (non-hydrogen) atoms. The highest BCUT2D eigenvalue weighted by Gasteiger charge is 2.29. The number of hydrogen-bond donors (Lipinski definition) is 0. The van der Waals surface area contributed by atoms with Gasteiger partial charge in [0.15, 0.2) is 0 Å². The second-order valence-electron chi connectivity index (χ2n) is 3.40. The maximum atomic E-state index is 12.1. The lowest BCUT2D eigenvalue weighted by Gasteiger charge is -2.15. The quantitative estimate of drug-likeness (QED) is 0.744. The molecule has 1 fully saturated rings. The van der Waals surface area contributed by atoms with Crippen LogP contribution >= 0.6 is 11.6 Å². The zero-order valence-electron chi connectivity index (χ0n) is 8.06. The van der Waals surface area contributed by atoms with Gasteiger partial charge in [-0.2, -0.15) is 4.31 Å². The molecule has 0 unspecified atom stereocenters. The fourth-order valence-electron chi connectivity index (χ4n) is 1.63. The molecule has 4 nitrogen and oxygen atoms in total. The Bertz CT molecular complexity index is 455. The minimum Gasteiger partial charge on any atom is -0.243 e. The molecule has 2 rings (SSSR count). The predicted molar refractivity (Wildman–Crippen MR) is 57.2 cm³/mol. The van der Waals surface area contributed by atoms with Crippen molar-refractivity contribution in [3.8, 4) is 0 Å². The third kappa shape index (κ3) is 2.00. The van der Waals surface area contributed by atoms with Gasteiger partial charge in [-0.1, -0.05) is 11.6 Å². The minimum absolute atomic E-state index is 0.0457. The van der Waals surface area contributed by atoms with Gasteiger partial charge in [0.1, 0.15) is 10.0 Å². The maximum absolute atomic E-state index is 12.1. The van der Waals surface area contributed by atoms with Crippen LogP contribution < -0.4 is 0 Å². The fraction of sp³-hybridized carbons (Fsp3) is 0.444. The number of sulfonamides is 1. The van der Waals surface area contributed by atoms with Crippen LogP contribution in [0.15, 0.2) is 23.2 Å². The van der Waals surface area contributed by atoms with E-state index in [1.165, 1.54) is 16.6 Å². The van der Waals surface area contributed by atoms with E-state index in [0.717, 1.165) is 12.8 Å². The summed E-state index contributed by atoms with van der Waals surface area (Å²) in [7, 11) is -3.43. The molecule has 0 aliphatic carbocycles. The first-order valence-corrected chi connectivity index (χ1v) is 6.55.